The van der Waals surface area contributed by atoms with Crippen molar-refractivity contribution >= 4 is 29.0 Å². The van der Waals surface area contributed by atoms with E-state index in [1.54, 1.807) is 18.4 Å². The molecule has 5 nitrogen and oxygen atoms in total. The van der Waals surface area contributed by atoms with Crippen molar-refractivity contribution in [2.45, 2.75) is 13.8 Å². The smallest absolute Gasteiger partial charge is 0.0886 e. The maximum absolute atomic E-state index is 10.8. The van der Waals surface area contributed by atoms with E-state index in [9.17, 15) is 5.21 Å². The zero-order valence-corrected chi connectivity index (χ0v) is 11.4. The highest BCUT2D eigenvalue weighted by Crippen LogP contribution is 2.25. The van der Waals surface area contributed by atoms with Crippen LogP contribution in [0.5, 0.6) is 0 Å². The monoisotopic (exact) mass is 267 g/mol. The van der Waals surface area contributed by atoms with Crippen LogP contribution in [0.2, 0.25) is 0 Å². The van der Waals surface area contributed by atoms with Gasteiger partial charge in [-0.25, -0.2) is 4.99 Å². The number of rotatable bonds is 2. The lowest BCUT2D eigenvalue weighted by atomic mass is 10.1. The van der Waals surface area contributed by atoms with Crippen molar-refractivity contribution in [3.05, 3.63) is 52.9 Å². The topological polar surface area (TPSA) is 86.2 Å². The molecule has 5 heteroatoms. The predicted molar refractivity (Wildman–Crippen MR) is 84.3 cm³/mol. The highest BCUT2D eigenvalue weighted by atomic mass is 16.4. The van der Waals surface area contributed by atoms with Crippen molar-refractivity contribution in [1.82, 2.24) is 0 Å². The normalized spacial score (nSPS) is 19.0. The lowest BCUT2D eigenvalue weighted by molar-refractivity contribution is 1.38. The van der Waals surface area contributed by atoms with Gasteiger partial charge < -0.3 is 16.1 Å². The molecule has 0 aromatic heterocycles. The first-order valence-corrected chi connectivity index (χ1v) is 6.18. The number of nitrogens with two attached hydrogens (primary N) is 1. The van der Waals surface area contributed by atoms with Gasteiger partial charge in [0.2, 0.25) is 0 Å². The molecule has 0 spiro atoms. The standard InChI is InChI=1S/C15H16N4O/c1-3-17-14-9-12(6-4-10(14)2)18-13-7-5-11(16)8-15(13)19-20/h3-9,20H,16H2,1-2H3/p-1. The van der Waals surface area contributed by atoms with Crippen LogP contribution in [0.1, 0.15) is 12.5 Å². The van der Waals surface area contributed by atoms with Crippen LogP contribution < -0.4 is 5.73 Å². The molecule has 2 N–H and O–H groups in total. The van der Waals surface area contributed by atoms with E-state index in [0.29, 0.717) is 17.1 Å². The van der Waals surface area contributed by atoms with Crippen molar-refractivity contribution in [2.75, 3.05) is 0 Å². The number of hydrogen-bond acceptors (Lipinski definition) is 5. The molecule has 0 aliphatic heterocycles. The Morgan fingerprint density at radius 3 is 2.70 bits per heavy atom. The van der Waals surface area contributed by atoms with Crippen molar-refractivity contribution in [3.63, 3.8) is 0 Å². The van der Waals surface area contributed by atoms with Gasteiger partial charge in [0.15, 0.2) is 0 Å². The predicted octanol–water partition coefficient (Wildman–Crippen LogP) is 3.14. The SMILES string of the molecule is CC=Nc1cc(N=C2C=CC(N)=CC2=N[O-])ccc1C. The van der Waals surface area contributed by atoms with E-state index in [-0.39, 0.29) is 5.71 Å². The van der Waals surface area contributed by atoms with Gasteiger partial charge >= 0.3 is 0 Å². The van der Waals surface area contributed by atoms with Crippen LogP contribution in [0.15, 0.2) is 57.3 Å². The second-order valence-electron chi connectivity index (χ2n) is 4.31. The van der Waals surface area contributed by atoms with E-state index in [2.05, 4.69) is 15.1 Å². The third kappa shape index (κ3) is 3.00. The Balaban J connectivity index is 2.41. The third-order valence-corrected chi connectivity index (χ3v) is 2.81. The van der Waals surface area contributed by atoms with E-state index in [4.69, 9.17) is 5.73 Å². The van der Waals surface area contributed by atoms with Crippen molar-refractivity contribution in [3.8, 4) is 0 Å². The van der Waals surface area contributed by atoms with Crippen molar-refractivity contribution < 1.29 is 0 Å². The lowest BCUT2D eigenvalue weighted by Crippen LogP contribution is -2.15. The molecule has 0 bridgehead atoms. The molecule has 0 heterocycles. The van der Waals surface area contributed by atoms with Crippen molar-refractivity contribution in [1.29, 1.82) is 0 Å². The first-order valence-electron chi connectivity index (χ1n) is 6.18. The van der Waals surface area contributed by atoms with Gasteiger partial charge in [-0.2, -0.15) is 0 Å². The molecule has 0 atom stereocenters. The Kier molecular flexibility index (Phi) is 4.10. The summed E-state index contributed by atoms with van der Waals surface area (Å²) in [6.07, 6.45) is 6.60. The highest BCUT2D eigenvalue weighted by Gasteiger charge is 2.08. The van der Waals surface area contributed by atoms with E-state index >= 15 is 0 Å². The molecule has 0 saturated heterocycles. The molecule has 0 amide bonds. The molecule has 20 heavy (non-hydrogen) atoms. The summed E-state index contributed by atoms with van der Waals surface area (Å²) in [5.74, 6) is 0. The summed E-state index contributed by atoms with van der Waals surface area (Å²) in [6, 6.07) is 5.67. The van der Waals surface area contributed by atoms with Crippen LogP contribution in [0, 0.1) is 12.1 Å². The Morgan fingerprint density at radius 1 is 1.20 bits per heavy atom. The van der Waals surface area contributed by atoms with Crippen LogP contribution in [-0.2, 0) is 0 Å². The summed E-state index contributed by atoms with van der Waals surface area (Å²) < 4.78 is 0. The van der Waals surface area contributed by atoms with Crippen molar-refractivity contribution in [2.24, 2.45) is 20.9 Å². The molecule has 0 unspecified atom stereocenters. The molecule has 102 valence electrons. The largest absolute Gasteiger partial charge is 0.791 e. The number of benzene rings is 1. The van der Waals surface area contributed by atoms with Gasteiger partial charge in [0.1, 0.15) is 0 Å². The Morgan fingerprint density at radius 2 is 2.00 bits per heavy atom. The van der Waals surface area contributed by atoms with E-state index in [0.717, 1.165) is 11.3 Å². The molecule has 1 aliphatic rings. The van der Waals surface area contributed by atoms with Crippen LogP contribution in [0.25, 0.3) is 0 Å². The zero-order valence-electron chi connectivity index (χ0n) is 11.4. The first-order chi connectivity index (χ1) is 9.63. The fraction of sp³-hybridized carbons (Fsp3) is 0.133. The van der Waals surface area contributed by atoms with Gasteiger partial charge in [-0.1, -0.05) is 6.07 Å². The minimum atomic E-state index is 0.228. The third-order valence-electron chi connectivity index (χ3n) is 2.81. The van der Waals surface area contributed by atoms with Gasteiger partial charge in [0.25, 0.3) is 0 Å². The van der Waals surface area contributed by atoms with E-state index < -0.39 is 0 Å². The minimum Gasteiger partial charge on any atom is -0.791 e. The van der Waals surface area contributed by atoms with Crippen LogP contribution in [-0.4, -0.2) is 17.6 Å². The number of hydrogen-bond donors (Lipinski definition) is 1. The average Bonchev–Trinajstić information content (AvgIpc) is 2.44. The summed E-state index contributed by atoms with van der Waals surface area (Å²) in [5.41, 5.74) is 9.45. The molecule has 2 rings (SSSR count). The van der Waals surface area contributed by atoms with Gasteiger partial charge in [-0.3, -0.25) is 4.99 Å². The quantitative estimate of drug-likeness (QED) is 0.507. The Labute approximate surface area is 117 Å². The molecule has 1 aliphatic carbocycles. The summed E-state index contributed by atoms with van der Waals surface area (Å²) in [6.45, 7) is 3.84. The summed E-state index contributed by atoms with van der Waals surface area (Å²) in [5, 5.41) is 13.8. The number of allylic oxidation sites excluding steroid dienone is 3. The summed E-state index contributed by atoms with van der Waals surface area (Å²) in [4.78, 5) is 8.69. The second-order valence-corrected chi connectivity index (χ2v) is 4.31. The minimum absolute atomic E-state index is 0.228. The maximum Gasteiger partial charge on any atom is 0.0886 e. The molecule has 1 aromatic carbocycles. The second kappa shape index (κ2) is 5.97. The fourth-order valence-corrected chi connectivity index (χ4v) is 1.79. The fourth-order valence-electron chi connectivity index (χ4n) is 1.79. The lowest BCUT2D eigenvalue weighted by Gasteiger charge is -2.10. The average molecular weight is 267 g/mol. The number of nitrogens with zero attached hydrogens (tertiary/aromatic N) is 3. The van der Waals surface area contributed by atoms with E-state index in [1.807, 2.05) is 32.0 Å². The highest BCUT2D eigenvalue weighted by molar-refractivity contribution is 6.51. The summed E-state index contributed by atoms with van der Waals surface area (Å²) in [7, 11) is 0. The van der Waals surface area contributed by atoms with Crippen LogP contribution in [0.3, 0.4) is 0 Å². The first kappa shape index (κ1) is 13.7. The summed E-state index contributed by atoms with van der Waals surface area (Å²) >= 11 is 0. The van der Waals surface area contributed by atoms with Crippen LogP contribution >= 0.6 is 0 Å². The number of aryl methyl sites for hydroxylation is 1. The van der Waals surface area contributed by atoms with Gasteiger partial charge in [0.05, 0.1) is 22.8 Å². The molecule has 1 aromatic rings. The van der Waals surface area contributed by atoms with Gasteiger partial charge in [-0.05, 0) is 49.8 Å². The molecular formula is C15H15N4O-. The Hall–Kier alpha value is -2.69. The van der Waals surface area contributed by atoms with Crippen LogP contribution in [0.4, 0.5) is 11.4 Å². The molecule has 0 radical (unpaired) electrons. The molecule has 0 saturated carbocycles. The molecular weight excluding hydrogens is 252 g/mol. The van der Waals surface area contributed by atoms with Gasteiger partial charge in [0, 0.05) is 11.9 Å². The maximum atomic E-state index is 10.8. The molecule has 0 fully saturated rings. The van der Waals surface area contributed by atoms with E-state index in [1.165, 1.54) is 6.08 Å². The zero-order chi connectivity index (χ0) is 14.5. The van der Waals surface area contributed by atoms with Gasteiger partial charge in [-0.15, -0.1) is 0 Å². The number of aliphatic imine (C=N–C) groups is 2. The Bertz CT molecular complexity index is 666.